The van der Waals surface area contributed by atoms with Crippen LogP contribution >= 0.6 is 11.8 Å². The number of aliphatic carboxylic acids is 1. The molecule has 0 aliphatic heterocycles. The second-order valence-corrected chi connectivity index (χ2v) is 5.12. The summed E-state index contributed by atoms with van der Waals surface area (Å²) in [4.78, 5) is 28.2. The average molecular weight is 283 g/mol. The van der Waals surface area contributed by atoms with Crippen LogP contribution in [0.2, 0.25) is 0 Å². The monoisotopic (exact) mass is 283 g/mol. The van der Waals surface area contributed by atoms with Gasteiger partial charge in [-0.3, -0.25) is 9.59 Å². The lowest BCUT2D eigenvalue weighted by Gasteiger charge is -2.10. The largest absolute Gasteiger partial charge is 0.481 e. The van der Waals surface area contributed by atoms with Crippen molar-refractivity contribution in [2.45, 2.75) is 5.03 Å². The number of carbonyl (C=O) groups is 2. The summed E-state index contributed by atoms with van der Waals surface area (Å²) in [5, 5.41) is 11.9. The van der Waals surface area contributed by atoms with Gasteiger partial charge >= 0.3 is 5.97 Å². The van der Waals surface area contributed by atoms with Gasteiger partial charge in [0.05, 0.1) is 16.3 Å². The number of nitrogens with zero attached hydrogens (tertiary/aromatic N) is 2. The van der Waals surface area contributed by atoms with Gasteiger partial charge in [-0.25, -0.2) is 4.98 Å². The van der Waals surface area contributed by atoms with E-state index in [9.17, 15) is 9.59 Å². The smallest absolute Gasteiger partial charge is 0.313 e. The first kappa shape index (κ1) is 15.5. The Morgan fingerprint density at radius 3 is 2.68 bits per heavy atom. The fraction of sp³-hybridized carbons (Fsp3) is 0.417. The van der Waals surface area contributed by atoms with E-state index in [1.165, 1.54) is 6.20 Å². The van der Waals surface area contributed by atoms with Crippen LogP contribution < -0.4 is 5.32 Å². The number of pyridine rings is 1. The third-order valence-electron chi connectivity index (χ3n) is 2.19. The molecule has 0 atom stereocenters. The Morgan fingerprint density at radius 2 is 2.16 bits per heavy atom. The molecule has 1 amide bonds. The van der Waals surface area contributed by atoms with E-state index < -0.39 is 5.97 Å². The van der Waals surface area contributed by atoms with Gasteiger partial charge in [0.2, 0.25) is 0 Å². The van der Waals surface area contributed by atoms with Gasteiger partial charge in [0, 0.05) is 19.3 Å². The van der Waals surface area contributed by atoms with E-state index in [2.05, 4.69) is 10.3 Å². The van der Waals surface area contributed by atoms with Crippen molar-refractivity contribution in [3.8, 4) is 0 Å². The molecule has 0 bridgehead atoms. The van der Waals surface area contributed by atoms with Crippen LogP contribution in [0, 0.1) is 0 Å². The molecule has 0 aliphatic rings. The van der Waals surface area contributed by atoms with Crippen LogP contribution in [0.5, 0.6) is 0 Å². The summed E-state index contributed by atoms with van der Waals surface area (Å²) < 4.78 is 0. The molecule has 1 aromatic heterocycles. The summed E-state index contributed by atoms with van der Waals surface area (Å²) in [5.41, 5.74) is 0.471. The summed E-state index contributed by atoms with van der Waals surface area (Å²) in [6, 6.07) is 3.29. The van der Waals surface area contributed by atoms with Gasteiger partial charge < -0.3 is 15.3 Å². The molecule has 0 spiro atoms. The number of carboxylic acids is 1. The van der Waals surface area contributed by atoms with Gasteiger partial charge in [-0.05, 0) is 26.2 Å². The van der Waals surface area contributed by atoms with E-state index in [-0.39, 0.29) is 11.7 Å². The maximum absolute atomic E-state index is 11.7. The number of amides is 1. The molecule has 0 unspecified atom stereocenters. The quantitative estimate of drug-likeness (QED) is 0.711. The summed E-state index contributed by atoms with van der Waals surface area (Å²) in [5.74, 6) is -1.11. The van der Waals surface area contributed by atoms with Crippen LogP contribution in [-0.2, 0) is 4.79 Å². The molecule has 1 heterocycles. The van der Waals surface area contributed by atoms with E-state index in [1.54, 1.807) is 12.1 Å². The SMILES string of the molecule is CN(C)CCNC(=O)c1ccc(SCC(=O)O)nc1. The van der Waals surface area contributed by atoms with Crippen LogP contribution in [0.1, 0.15) is 10.4 Å². The third kappa shape index (κ3) is 6.21. The van der Waals surface area contributed by atoms with Gasteiger partial charge in [-0.1, -0.05) is 11.8 Å². The average Bonchev–Trinajstić information content (AvgIpc) is 2.36. The van der Waals surface area contributed by atoms with Crippen LogP contribution in [0.25, 0.3) is 0 Å². The molecule has 0 aliphatic carbocycles. The number of carboxylic acid groups (broad SMARTS) is 1. The fourth-order valence-electron chi connectivity index (χ4n) is 1.23. The van der Waals surface area contributed by atoms with Crippen molar-refractivity contribution in [1.29, 1.82) is 0 Å². The Hall–Kier alpha value is -1.60. The van der Waals surface area contributed by atoms with E-state index in [0.29, 0.717) is 17.1 Å². The van der Waals surface area contributed by atoms with E-state index in [4.69, 9.17) is 5.11 Å². The van der Waals surface area contributed by atoms with E-state index in [0.717, 1.165) is 18.3 Å². The predicted octanol–water partition coefficient (Wildman–Crippen LogP) is 0.550. The molecule has 7 heteroatoms. The lowest BCUT2D eigenvalue weighted by molar-refractivity contribution is -0.133. The molecule has 0 radical (unpaired) electrons. The zero-order valence-electron chi connectivity index (χ0n) is 10.9. The van der Waals surface area contributed by atoms with Crippen LogP contribution in [-0.4, -0.2) is 59.8 Å². The molecule has 19 heavy (non-hydrogen) atoms. The van der Waals surface area contributed by atoms with Gasteiger partial charge in [0.1, 0.15) is 0 Å². The summed E-state index contributed by atoms with van der Waals surface area (Å²) in [7, 11) is 3.87. The number of rotatable bonds is 7. The van der Waals surface area contributed by atoms with Crippen molar-refractivity contribution in [3.63, 3.8) is 0 Å². The second kappa shape index (κ2) is 7.75. The van der Waals surface area contributed by atoms with Crippen molar-refractivity contribution in [1.82, 2.24) is 15.2 Å². The summed E-state index contributed by atoms with van der Waals surface area (Å²) in [6.07, 6.45) is 1.45. The minimum atomic E-state index is -0.891. The Balaban J connectivity index is 2.46. The molecular weight excluding hydrogens is 266 g/mol. The standard InChI is InChI=1S/C12H17N3O3S/c1-15(2)6-5-13-12(18)9-3-4-10(14-7-9)19-8-11(16)17/h3-4,7H,5-6,8H2,1-2H3,(H,13,18)(H,16,17). The maximum atomic E-state index is 11.7. The van der Waals surface area contributed by atoms with Gasteiger partial charge in [-0.2, -0.15) is 0 Å². The Morgan fingerprint density at radius 1 is 1.42 bits per heavy atom. The van der Waals surface area contributed by atoms with Gasteiger partial charge in [0.15, 0.2) is 0 Å². The number of likely N-dealkylation sites (N-methyl/N-ethyl adjacent to an activating group) is 1. The number of hydrogen-bond acceptors (Lipinski definition) is 5. The normalized spacial score (nSPS) is 10.5. The number of hydrogen-bond donors (Lipinski definition) is 2. The lowest BCUT2D eigenvalue weighted by Crippen LogP contribution is -2.31. The number of aromatic nitrogens is 1. The third-order valence-corrected chi connectivity index (χ3v) is 3.12. The Kier molecular flexibility index (Phi) is 6.31. The Bertz CT molecular complexity index is 434. The molecule has 0 fully saturated rings. The minimum Gasteiger partial charge on any atom is -0.481 e. The van der Waals surface area contributed by atoms with Crippen molar-refractivity contribution in [2.24, 2.45) is 0 Å². The zero-order chi connectivity index (χ0) is 14.3. The second-order valence-electron chi connectivity index (χ2n) is 4.13. The highest BCUT2D eigenvalue weighted by Crippen LogP contribution is 2.14. The molecule has 2 N–H and O–H groups in total. The molecule has 1 rings (SSSR count). The topological polar surface area (TPSA) is 82.5 Å². The zero-order valence-corrected chi connectivity index (χ0v) is 11.7. The van der Waals surface area contributed by atoms with Crippen molar-refractivity contribution in [2.75, 3.05) is 32.9 Å². The summed E-state index contributed by atoms with van der Waals surface area (Å²) >= 11 is 1.12. The Labute approximate surface area is 116 Å². The molecule has 0 saturated heterocycles. The molecule has 1 aromatic rings. The highest BCUT2D eigenvalue weighted by Gasteiger charge is 2.06. The van der Waals surface area contributed by atoms with Crippen molar-refractivity contribution in [3.05, 3.63) is 23.9 Å². The molecule has 0 aromatic carbocycles. The van der Waals surface area contributed by atoms with Gasteiger partial charge in [-0.15, -0.1) is 0 Å². The molecular formula is C12H17N3O3S. The van der Waals surface area contributed by atoms with Crippen LogP contribution in [0.4, 0.5) is 0 Å². The molecule has 6 nitrogen and oxygen atoms in total. The number of carbonyl (C=O) groups excluding carboxylic acids is 1. The number of thioether (sulfide) groups is 1. The summed E-state index contributed by atoms with van der Waals surface area (Å²) in [6.45, 7) is 1.34. The first-order valence-corrected chi connectivity index (χ1v) is 6.71. The number of nitrogens with one attached hydrogen (secondary N) is 1. The first-order chi connectivity index (χ1) is 8.99. The fourth-order valence-corrected chi connectivity index (χ4v) is 1.79. The lowest BCUT2D eigenvalue weighted by atomic mass is 10.3. The predicted molar refractivity (Wildman–Crippen MR) is 73.5 cm³/mol. The minimum absolute atomic E-state index is 0.0403. The molecule has 0 saturated carbocycles. The highest BCUT2D eigenvalue weighted by molar-refractivity contribution is 7.99. The van der Waals surface area contributed by atoms with E-state index in [1.807, 2.05) is 19.0 Å². The highest BCUT2D eigenvalue weighted by atomic mass is 32.2. The van der Waals surface area contributed by atoms with E-state index >= 15 is 0 Å². The van der Waals surface area contributed by atoms with Crippen LogP contribution in [0.15, 0.2) is 23.4 Å². The van der Waals surface area contributed by atoms with Crippen molar-refractivity contribution >= 4 is 23.6 Å². The van der Waals surface area contributed by atoms with Gasteiger partial charge in [0.25, 0.3) is 5.91 Å². The maximum Gasteiger partial charge on any atom is 0.313 e. The molecule has 104 valence electrons. The first-order valence-electron chi connectivity index (χ1n) is 5.72. The van der Waals surface area contributed by atoms with Crippen LogP contribution in [0.3, 0.4) is 0 Å². The van der Waals surface area contributed by atoms with Crippen molar-refractivity contribution < 1.29 is 14.7 Å².